The highest BCUT2D eigenvalue weighted by atomic mass is 16.6. The largest absolute Gasteiger partial charge is 0.445 e. The van der Waals surface area contributed by atoms with Gasteiger partial charge in [0.25, 0.3) is 0 Å². The van der Waals surface area contributed by atoms with E-state index in [0.717, 1.165) is 16.8 Å². The lowest BCUT2D eigenvalue weighted by Gasteiger charge is -2.16. The number of hydrogen-bond acceptors (Lipinski definition) is 5. The van der Waals surface area contributed by atoms with Crippen LogP contribution in [0.4, 0.5) is 4.79 Å². The Balaban J connectivity index is 1.43. The number of ether oxygens (including phenoxy) is 1. The predicted molar refractivity (Wildman–Crippen MR) is 107 cm³/mol. The molecule has 2 aromatic rings. The number of hydrogen-bond donors (Lipinski definition) is 1. The van der Waals surface area contributed by atoms with E-state index in [4.69, 9.17) is 9.57 Å². The summed E-state index contributed by atoms with van der Waals surface area (Å²) in [5, 5.41) is 14.4. The van der Waals surface area contributed by atoms with Gasteiger partial charge in [-0.1, -0.05) is 65.8 Å². The van der Waals surface area contributed by atoms with Crippen molar-refractivity contribution in [3.8, 4) is 0 Å². The molecule has 1 fully saturated rings. The standard InChI is InChI=1S/C22H26N2O4/c1-17(23-28-16-19-10-6-3-7-11-19)12-20-13-24(14-21(20)25)22(26)27-15-18-8-4-2-5-9-18/h2-11,20-21,25H,12-16H2,1H3/b23-17+/t20-,21+/m0/s1. The molecule has 0 aliphatic carbocycles. The van der Waals surface area contributed by atoms with Crippen molar-refractivity contribution in [3.05, 3.63) is 71.8 Å². The molecular formula is C22H26N2O4. The van der Waals surface area contributed by atoms with Gasteiger partial charge < -0.3 is 19.6 Å². The number of aliphatic hydroxyl groups is 1. The summed E-state index contributed by atoms with van der Waals surface area (Å²) in [6.07, 6.45) is -0.429. The maximum atomic E-state index is 12.3. The number of likely N-dealkylation sites (tertiary alicyclic amines) is 1. The van der Waals surface area contributed by atoms with Crippen LogP contribution in [0.2, 0.25) is 0 Å². The average Bonchev–Trinajstić information content (AvgIpc) is 3.08. The fourth-order valence-electron chi connectivity index (χ4n) is 3.22. The van der Waals surface area contributed by atoms with Crippen molar-refractivity contribution in [2.24, 2.45) is 11.1 Å². The highest BCUT2D eigenvalue weighted by Gasteiger charge is 2.35. The van der Waals surface area contributed by atoms with Crippen molar-refractivity contribution in [1.82, 2.24) is 4.90 Å². The second-order valence-corrected chi connectivity index (χ2v) is 7.06. The van der Waals surface area contributed by atoms with Crippen molar-refractivity contribution < 1.29 is 19.5 Å². The number of aliphatic hydroxyl groups excluding tert-OH is 1. The summed E-state index contributed by atoms with van der Waals surface area (Å²) in [4.78, 5) is 19.2. The molecule has 0 saturated carbocycles. The van der Waals surface area contributed by atoms with Crippen molar-refractivity contribution in [1.29, 1.82) is 0 Å². The zero-order valence-corrected chi connectivity index (χ0v) is 16.0. The first-order valence-corrected chi connectivity index (χ1v) is 9.45. The van der Waals surface area contributed by atoms with Crippen LogP contribution in [0.25, 0.3) is 0 Å². The molecule has 2 aromatic carbocycles. The highest BCUT2D eigenvalue weighted by Crippen LogP contribution is 2.22. The fourth-order valence-corrected chi connectivity index (χ4v) is 3.22. The summed E-state index contributed by atoms with van der Waals surface area (Å²) >= 11 is 0. The van der Waals surface area contributed by atoms with E-state index in [2.05, 4.69) is 5.16 Å². The lowest BCUT2D eigenvalue weighted by Crippen LogP contribution is -2.30. The first-order valence-electron chi connectivity index (χ1n) is 9.45. The normalized spacial score (nSPS) is 19.5. The van der Waals surface area contributed by atoms with Gasteiger partial charge in [0.15, 0.2) is 0 Å². The Kier molecular flexibility index (Phi) is 7.03. The number of nitrogens with zero attached hydrogens (tertiary/aromatic N) is 2. The van der Waals surface area contributed by atoms with E-state index in [1.54, 1.807) is 4.90 Å². The highest BCUT2D eigenvalue weighted by molar-refractivity contribution is 5.81. The summed E-state index contributed by atoms with van der Waals surface area (Å²) in [6.45, 7) is 3.22. The molecule has 2 atom stereocenters. The minimum atomic E-state index is -0.594. The third kappa shape index (κ3) is 5.82. The minimum absolute atomic E-state index is 0.0756. The number of rotatable bonds is 7. The van der Waals surface area contributed by atoms with E-state index < -0.39 is 12.2 Å². The SMILES string of the molecule is C/C(C[C@H]1CN(C(=O)OCc2ccccc2)C[C@H]1O)=N\OCc1ccccc1. The Labute approximate surface area is 165 Å². The zero-order chi connectivity index (χ0) is 19.8. The van der Waals surface area contributed by atoms with Gasteiger partial charge in [-0.15, -0.1) is 0 Å². The maximum absolute atomic E-state index is 12.3. The van der Waals surface area contributed by atoms with Gasteiger partial charge >= 0.3 is 6.09 Å². The molecular weight excluding hydrogens is 356 g/mol. The van der Waals surface area contributed by atoms with Crippen LogP contribution in [0.15, 0.2) is 65.8 Å². The van der Waals surface area contributed by atoms with E-state index in [9.17, 15) is 9.90 Å². The quantitative estimate of drug-likeness (QED) is 0.587. The van der Waals surface area contributed by atoms with Crippen LogP contribution in [0, 0.1) is 5.92 Å². The van der Waals surface area contributed by atoms with Gasteiger partial charge in [-0.3, -0.25) is 0 Å². The third-order valence-electron chi connectivity index (χ3n) is 4.72. The molecule has 6 heteroatoms. The lowest BCUT2D eigenvalue weighted by molar-refractivity contribution is 0.0967. The maximum Gasteiger partial charge on any atom is 0.410 e. The Morgan fingerprint density at radius 3 is 2.29 bits per heavy atom. The van der Waals surface area contributed by atoms with Gasteiger partial charge in [-0.05, 0) is 24.5 Å². The molecule has 1 aliphatic heterocycles. The summed E-state index contributed by atoms with van der Waals surface area (Å²) < 4.78 is 5.35. The Morgan fingerprint density at radius 1 is 1.04 bits per heavy atom. The molecule has 0 aromatic heterocycles. The third-order valence-corrected chi connectivity index (χ3v) is 4.72. The van der Waals surface area contributed by atoms with Crippen LogP contribution in [0.1, 0.15) is 24.5 Å². The minimum Gasteiger partial charge on any atom is -0.445 e. The average molecular weight is 382 g/mol. The molecule has 0 spiro atoms. The Hall–Kier alpha value is -2.86. The van der Waals surface area contributed by atoms with Gasteiger partial charge in [0, 0.05) is 12.5 Å². The summed E-state index contributed by atoms with van der Waals surface area (Å²) in [6, 6.07) is 19.4. The van der Waals surface area contributed by atoms with Crippen LogP contribution in [-0.4, -0.2) is 41.0 Å². The topological polar surface area (TPSA) is 71.4 Å². The van der Waals surface area contributed by atoms with Gasteiger partial charge in [-0.2, -0.15) is 0 Å². The second-order valence-electron chi connectivity index (χ2n) is 7.06. The van der Waals surface area contributed by atoms with Crippen LogP contribution >= 0.6 is 0 Å². The number of carbonyl (C=O) groups is 1. The summed E-state index contributed by atoms with van der Waals surface area (Å²) in [5.74, 6) is -0.0756. The van der Waals surface area contributed by atoms with Gasteiger partial charge in [-0.25, -0.2) is 4.79 Å². The summed E-state index contributed by atoms with van der Waals surface area (Å²) in [7, 11) is 0. The van der Waals surface area contributed by atoms with Crippen molar-refractivity contribution in [3.63, 3.8) is 0 Å². The molecule has 148 valence electrons. The molecule has 1 amide bonds. The molecule has 1 N–H and O–H groups in total. The number of amides is 1. The molecule has 28 heavy (non-hydrogen) atoms. The lowest BCUT2D eigenvalue weighted by atomic mass is 10.00. The molecule has 6 nitrogen and oxygen atoms in total. The molecule has 0 radical (unpaired) electrons. The molecule has 1 heterocycles. The molecule has 1 aliphatic rings. The van der Waals surface area contributed by atoms with Crippen LogP contribution in [-0.2, 0) is 22.8 Å². The van der Waals surface area contributed by atoms with E-state index in [0.29, 0.717) is 19.6 Å². The predicted octanol–water partition coefficient (Wildman–Crippen LogP) is 3.60. The Morgan fingerprint density at radius 2 is 1.64 bits per heavy atom. The van der Waals surface area contributed by atoms with Gasteiger partial charge in [0.2, 0.25) is 0 Å². The van der Waals surface area contributed by atoms with Gasteiger partial charge in [0.05, 0.1) is 18.4 Å². The van der Waals surface area contributed by atoms with Crippen LogP contribution < -0.4 is 0 Å². The number of benzene rings is 2. The van der Waals surface area contributed by atoms with Crippen LogP contribution in [0.3, 0.4) is 0 Å². The molecule has 0 unspecified atom stereocenters. The van der Waals surface area contributed by atoms with E-state index in [-0.39, 0.29) is 19.1 Å². The smallest absolute Gasteiger partial charge is 0.410 e. The van der Waals surface area contributed by atoms with Crippen molar-refractivity contribution in [2.45, 2.75) is 32.7 Å². The fraction of sp³-hybridized carbons (Fsp3) is 0.364. The van der Waals surface area contributed by atoms with Crippen molar-refractivity contribution >= 4 is 11.8 Å². The number of β-amino-alcohol motifs (C(OH)–C–C–N with tert-alkyl or cyclic N) is 1. The van der Waals surface area contributed by atoms with Crippen molar-refractivity contribution in [2.75, 3.05) is 13.1 Å². The Bertz CT molecular complexity index is 780. The van der Waals surface area contributed by atoms with E-state index >= 15 is 0 Å². The van der Waals surface area contributed by atoms with Crippen LogP contribution in [0.5, 0.6) is 0 Å². The molecule has 0 bridgehead atoms. The monoisotopic (exact) mass is 382 g/mol. The number of oxime groups is 1. The molecule has 3 rings (SSSR count). The zero-order valence-electron chi connectivity index (χ0n) is 16.0. The summed E-state index contributed by atoms with van der Waals surface area (Å²) in [5.41, 5.74) is 2.78. The van der Waals surface area contributed by atoms with E-state index in [1.165, 1.54) is 0 Å². The second kappa shape index (κ2) is 9.90. The first kappa shape index (κ1) is 19.9. The van der Waals surface area contributed by atoms with Gasteiger partial charge in [0.1, 0.15) is 13.2 Å². The first-order chi connectivity index (χ1) is 13.6. The van der Waals surface area contributed by atoms with E-state index in [1.807, 2.05) is 67.6 Å². The number of carbonyl (C=O) groups excluding carboxylic acids is 1. The molecule has 1 saturated heterocycles.